The normalized spacial score (nSPS) is 22.9. The first-order chi connectivity index (χ1) is 10.6. The van der Waals surface area contributed by atoms with Gasteiger partial charge >= 0.3 is 0 Å². The van der Waals surface area contributed by atoms with E-state index >= 15 is 0 Å². The van der Waals surface area contributed by atoms with E-state index in [9.17, 15) is 4.79 Å². The number of nitrogens with one attached hydrogen (secondary N) is 2. The van der Waals surface area contributed by atoms with E-state index in [1.165, 1.54) is 25.7 Å². The molecule has 1 aromatic carbocycles. The minimum Gasteiger partial charge on any atom is -0.497 e. The van der Waals surface area contributed by atoms with Gasteiger partial charge in [0.25, 0.3) is 0 Å². The number of rotatable bonds is 6. The average Bonchev–Trinajstić information content (AvgIpc) is 2.50. The Morgan fingerprint density at radius 2 is 1.95 bits per heavy atom. The molecule has 0 bridgehead atoms. The molecule has 0 aromatic heterocycles. The number of hydrogen-bond donors (Lipinski definition) is 2. The van der Waals surface area contributed by atoms with E-state index in [0.717, 1.165) is 11.4 Å². The lowest BCUT2D eigenvalue weighted by Gasteiger charge is -2.32. The Hall–Kier alpha value is -1.55. The van der Waals surface area contributed by atoms with Crippen LogP contribution in [0.1, 0.15) is 46.0 Å². The van der Waals surface area contributed by atoms with Gasteiger partial charge in [-0.1, -0.05) is 19.8 Å². The molecule has 22 heavy (non-hydrogen) atoms. The minimum atomic E-state index is 0.0497. The van der Waals surface area contributed by atoms with Crippen molar-refractivity contribution in [3.8, 4) is 5.75 Å². The summed E-state index contributed by atoms with van der Waals surface area (Å²) in [6.45, 7) is 4.40. The van der Waals surface area contributed by atoms with Gasteiger partial charge in [-0.15, -0.1) is 0 Å². The first-order valence-electron chi connectivity index (χ1n) is 8.28. The molecule has 4 heteroatoms. The van der Waals surface area contributed by atoms with Crippen LogP contribution in [0.5, 0.6) is 5.75 Å². The Labute approximate surface area is 133 Å². The lowest BCUT2D eigenvalue weighted by atomic mass is 9.85. The fourth-order valence-corrected chi connectivity index (χ4v) is 3.15. The second-order valence-electron chi connectivity index (χ2n) is 6.42. The molecule has 4 nitrogen and oxygen atoms in total. The van der Waals surface area contributed by atoms with Crippen LogP contribution in [0, 0.1) is 5.92 Å². The summed E-state index contributed by atoms with van der Waals surface area (Å²) in [5.41, 5.74) is 0.809. The summed E-state index contributed by atoms with van der Waals surface area (Å²) in [7, 11) is 1.63. The monoisotopic (exact) mass is 304 g/mol. The highest BCUT2D eigenvalue weighted by Crippen LogP contribution is 2.24. The molecule has 2 rings (SSSR count). The van der Waals surface area contributed by atoms with Gasteiger partial charge in [-0.3, -0.25) is 4.79 Å². The van der Waals surface area contributed by atoms with Crippen LogP contribution in [-0.2, 0) is 4.79 Å². The summed E-state index contributed by atoms with van der Waals surface area (Å²) < 4.78 is 5.11. The van der Waals surface area contributed by atoms with Gasteiger partial charge in [0.2, 0.25) is 5.91 Å². The van der Waals surface area contributed by atoms with Crippen LogP contribution in [0.3, 0.4) is 0 Å². The van der Waals surface area contributed by atoms with Gasteiger partial charge in [-0.2, -0.15) is 0 Å². The Morgan fingerprint density at radius 1 is 1.27 bits per heavy atom. The quantitative estimate of drug-likeness (QED) is 0.844. The van der Waals surface area contributed by atoms with Crippen LogP contribution in [-0.4, -0.2) is 25.1 Å². The van der Waals surface area contributed by atoms with Crippen molar-refractivity contribution in [1.29, 1.82) is 0 Å². The van der Waals surface area contributed by atoms with Crippen molar-refractivity contribution in [2.24, 2.45) is 5.92 Å². The first-order valence-corrected chi connectivity index (χ1v) is 8.28. The molecule has 1 saturated carbocycles. The lowest BCUT2D eigenvalue weighted by molar-refractivity contribution is -0.116. The molecule has 3 atom stereocenters. The maximum atomic E-state index is 12.1. The number of carbonyl (C=O) groups is 1. The molecule has 1 fully saturated rings. The zero-order chi connectivity index (χ0) is 15.9. The van der Waals surface area contributed by atoms with Crippen LogP contribution < -0.4 is 15.4 Å². The van der Waals surface area contributed by atoms with E-state index in [4.69, 9.17) is 4.74 Å². The van der Waals surface area contributed by atoms with Gasteiger partial charge in [0.05, 0.1) is 7.11 Å². The minimum absolute atomic E-state index is 0.0497. The Kier molecular flexibility index (Phi) is 6.25. The second-order valence-corrected chi connectivity index (χ2v) is 6.42. The number of methoxy groups -OCH3 is 1. The third kappa shape index (κ3) is 5.02. The predicted molar refractivity (Wildman–Crippen MR) is 90.3 cm³/mol. The highest BCUT2D eigenvalue weighted by Gasteiger charge is 2.23. The van der Waals surface area contributed by atoms with Gasteiger partial charge in [0.1, 0.15) is 5.75 Å². The molecule has 0 radical (unpaired) electrons. The van der Waals surface area contributed by atoms with Crippen LogP contribution in [0.15, 0.2) is 24.3 Å². The molecule has 1 aliphatic carbocycles. The number of amides is 1. The number of carbonyl (C=O) groups excluding carboxylic acids is 1. The van der Waals surface area contributed by atoms with E-state index in [1.807, 2.05) is 24.3 Å². The van der Waals surface area contributed by atoms with Crippen molar-refractivity contribution in [2.45, 2.75) is 58.0 Å². The number of hydrogen-bond acceptors (Lipinski definition) is 3. The van der Waals surface area contributed by atoms with Gasteiger partial charge in [0.15, 0.2) is 0 Å². The van der Waals surface area contributed by atoms with Crippen LogP contribution in [0.25, 0.3) is 0 Å². The zero-order valence-electron chi connectivity index (χ0n) is 13.9. The summed E-state index contributed by atoms with van der Waals surface area (Å²) >= 11 is 0. The maximum absolute atomic E-state index is 12.1. The molecule has 0 heterocycles. The Morgan fingerprint density at radius 3 is 2.59 bits per heavy atom. The molecule has 1 aromatic rings. The van der Waals surface area contributed by atoms with E-state index in [2.05, 4.69) is 24.5 Å². The molecule has 2 N–H and O–H groups in total. The summed E-state index contributed by atoms with van der Waals surface area (Å²) in [4.78, 5) is 12.1. The van der Waals surface area contributed by atoms with Crippen molar-refractivity contribution in [2.75, 3.05) is 12.4 Å². The summed E-state index contributed by atoms with van der Waals surface area (Å²) in [5, 5.41) is 6.56. The van der Waals surface area contributed by atoms with Crippen molar-refractivity contribution < 1.29 is 9.53 Å². The van der Waals surface area contributed by atoms with Gasteiger partial charge < -0.3 is 15.4 Å². The van der Waals surface area contributed by atoms with Crippen molar-refractivity contribution >= 4 is 11.6 Å². The third-order valence-corrected chi connectivity index (χ3v) is 4.48. The molecular formula is C18H28N2O2. The van der Waals surface area contributed by atoms with Crippen LogP contribution in [0.2, 0.25) is 0 Å². The molecule has 0 aliphatic heterocycles. The SMILES string of the molecule is COc1ccc(NC(=O)C[C@H](C)N[C@H]2CCCC[C@H]2C)cc1. The van der Waals surface area contributed by atoms with E-state index in [0.29, 0.717) is 18.4 Å². The van der Waals surface area contributed by atoms with E-state index in [1.54, 1.807) is 7.11 Å². The topological polar surface area (TPSA) is 50.4 Å². The van der Waals surface area contributed by atoms with Crippen molar-refractivity contribution in [3.05, 3.63) is 24.3 Å². The number of anilines is 1. The highest BCUT2D eigenvalue weighted by atomic mass is 16.5. The van der Waals surface area contributed by atoms with Crippen LogP contribution in [0.4, 0.5) is 5.69 Å². The van der Waals surface area contributed by atoms with Crippen molar-refractivity contribution in [3.63, 3.8) is 0 Å². The summed E-state index contributed by atoms with van der Waals surface area (Å²) in [6.07, 6.45) is 5.65. The van der Waals surface area contributed by atoms with E-state index in [-0.39, 0.29) is 11.9 Å². The van der Waals surface area contributed by atoms with Gasteiger partial charge in [0, 0.05) is 24.2 Å². The van der Waals surface area contributed by atoms with Gasteiger partial charge in [-0.05, 0) is 49.9 Å². The fraction of sp³-hybridized carbons (Fsp3) is 0.611. The third-order valence-electron chi connectivity index (χ3n) is 4.48. The molecule has 122 valence electrons. The summed E-state index contributed by atoms with van der Waals surface area (Å²) in [6, 6.07) is 8.17. The average molecular weight is 304 g/mol. The molecule has 0 unspecified atom stereocenters. The number of benzene rings is 1. The fourth-order valence-electron chi connectivity index (χ4n) is 3.15. The summed E-state index contributed by atoms with van der Waals surface area (Å²) in [5.74, 6) is 1.55. The highest BCUT2D eigenvalue weighted by molar-refractivity contribution is 5.91. The smallest absolute Gasteiger partial charge is 0.225 e. The largest absolute Gasteiger partial charge is 0.497 e. The molecule has 0 saturated heterocycles. The molecular weight excluding hydrogens is 276 g/mol. The second kappa shape index (κ2) is 8.18. The predicted octanol–water partition coefficient (Wildman–Crippen LogP) is 3.58. The van der Waals surface area contributed by atoms with Crippen molar-refractivity contribution in [1.82, 2.24) is 5.32 Å². The zero-order valence-corrected chi connectivity index (χ0v) is 13.9. The number of ether oxygens (including phenoxy) is 1. The lowest BCUT2D eigenvalue weighted by Crippen LogP contribution is -2.43. The molecule has 0 spiro atoms. The maximum Gasteiger partial charge on any atom is 0.225 e. The first kappa shape index (κ1) is 16.8. The Balaban J connectivity index is 1.77. The Bertz CT molecular complexity index is 472. The van der Waals surface area contributed by atoms with E-state index < -0.39 is 0 Å². The van der Waals surface area contributed by atoms with Crippen LogP contribution >= 0.6 is 0 Å². The standard InChI is InChI=1S/C18H28N2O2/c1-13-6-4-5-7-17(13)19-14(2)12-18(21)20-15-8-10-16(22-3)11-9-15/h8-11,13-14,17,19H,4-7,12H2,1-3H3,(H,20,21)/t13-,14+,17+/m1/s1. The molecule has 1 amide bonds. The van der Waals surface area contributed by atoms with Gasteiger partial charge in [-0.25, -0.2) is 0 Å². The molecule has 1 aliphatic rings.